The molecule has 0 radical (unpaired) electrons. The molecule has 0 aromatic heterocycles. The van der Waals surface area contributed by atoms with E-state index < -0.39 is 0 Å². The number of epoxide rings is 1. The molecule has 1 unspecified atom stereocenters. The van der Waals surface area contributed by atoms with E-state index in [4.69, 9.17) is 14.4 Å². The largest absolute Gasteiger partial charge is 0.371 e. The van der Waals surface area contributed by atoms with E-state index in [9.17, 15) is 4.79 Å². The summed E-state index contributed by atoms with van der Waals surface area (Å²) in [6, 6.07) is 9.55. The van der Waals surface area contributed by atoms with Gasteiger partial charge in [-0.05, 0) is 5.56 Å². The summed E-state index contributed by atoms with van der Waals surface area (Å²) in [5.74, 6) is 0. The highest BCUT2D eigenvalue weighted by Gasteiger charge is 2.24. The molecule has 5 nitrogen and oxygen atoms in total. The molecular weight excluding hydrogens is 210 g/mol. The van der Waals surface area contributed by atoms with Gasteiger partial charge in [0.15, 0.2) is 0 Å². The number of nitrogens with zero attached hydrogens (tertiary/aromatic N) is 1. The molecule has 0 bridgehead atoms. The average molecular weight is 223 g/mol. The molecule has 1 aliphatic heterocycles. The molecule has 1 aromatic carbocycles. The lowest BCUT2D eigenvalue weighted by Gasteiger charge is -2.15. The minimum atomic E-state index is 0.0998. The van der Waals surface area contributed by atoms with Gasteiger partial charge in [0.2, 0.25) is 0 Å². The van der Waals surface area contributed by atoms with Crippen molar-refractivity contribution < 1.29 is 19.2 Å². The molecule has 0 spiro atoms. The van der Waals surface area contributed by atoms with Crippen molar-refractivity contribution in [2.75, 3.05) is 13.2 Å². The lowest BCUT2D eigenvalue weighted by molar-refractivity contribution is -0.340. The van der Waals surface area contributed by atoms with Crippen LogP contribution in [0.4, 0.5) is 0 Å². The van der Waals surface area contributed by atoms with Crippen molar-refractivity contribution in [3.8, 4) is 0 Å². The van der Waals surface area contributed by atoms with Gasteiger partial charge in [-0.25, -0.2) is 9.68 Å². The first-order chi connectivity index (χ1) is 7.88. The highest BCUT2D eigenvalue weighted by Crippen LogP contribution is 2.10. The second-order valence-electron chi connectivity index (χ2n) is 3.40. The molecule has 0 N–H and O–H groups in total. The normalized spacial score (nSPS) is 18.1. The van der Waals surface area contributed by atoms with Crippen LogP contribution in [-0.2, 0) is 25.8 Å². The van der Waals surface area contributed by atoms with Gasteiger partial charge in [0.05, 0.1) is 6.61 Å². The third kappa shape index (κ3) is 3.62. The number of carbonyl (C=O) groups excluding carboxylic acids is 1. The van der Waals surface area contributed by atoms with Gasteiger partial charge in [-0.2, -0.15) is 0 Å². The fourth-order valence-electron chi connectivity index (χ4n) is 1.13. The van der Waals surface area contributed by atoms with Crippen LogP contribution in [0, 0.1) is 0 Å². The number of benzene rings is 1. The summed E-state index contributed by atoms with van der Waals surface area (Å²) in [6.45, 7) is 1.32. The maximum Gasteiger partial charge on any atom is 0.261 e. The second kappa shape index (κ2) is 5.60. The summed E-state index contributed by atoms with van der Waals surface area (Å²) in [6.07, 6.45) is 0.591. The number of hydrogen-bond donors (Lipinski definition) is 0. The Morgan fingerprint density at radius 2 is 2.12 bits per heavy atom. The van der Waals surface area contributed by atoms with E-state index in [0.717, 1.165) is 10.8 Å². The third-order valence-corrected chi connectivity index (χ3v) is 2.08. The molecular formula is C11H13NO4. The Morgan fingerprint density at radius 1 is 1.38 bits per heavy atom. The van der Waals surface area contributed by atoms with Crippen molar-refractivity contribution in [3.05, 3.63) is 35.9 Å². The molecule has 1 heterocycles. The highest BCUT2D eigenvalue weighted by molar-refractivity contribution is 5.43. The molecule has 0 saturated carbocycles. The molecule has 5 heteroatoms. The van der Waals surface area contributed by atoms with E-state index >= 15 is 0 Å². The van der Waals surface area contributed by atoms with Gasteiger partial charge >= 0.3 is 0 Å². The lowest BCUT2D eigenvalue weighted by atomic mass is 10.2. The summed E-state index contributed by atoms with van der Waals surface area (Å²) in [4.78, 5) is 20.8. The molecule has 16 heavy (non-hydrogen) atoms. The first-order valence-electron chi connectivity index (χ1n) is 5.04. The van der Waals surface area contributed by atoms with Crippen LogP contribution in [0.1, 0.15) is 5.56 Å². The molecule has 0 aliphatic carbocycles. The van der Waals surface area contributed by atoms with E-state index in [0.29, 0.717) is 26.2 Å². The molecule has 1 aromatic rings. The monoisotopic (exact) mass is 223 g/mol. The van der Waals surface area contributed by atoms with Crippen LogP contribution in [0.25, 0.3) is 0 Å². The molecule has 1 fully saturated rings. The van der Waals surface area contributed by atoms with Gasteiger partial charge in [0.25, 0.3) is 6.41 Å². The van der Waals surface area contributed by atoms with E-state index in [1.165, 1.54) is 0 Å². The summed E-state index contributed by atoms with van der Waals surface area (Å²) >= 11 is 0. The number of amides is 1. The van der Waals surface area contributed by atoms with Crippen molar-refractivity contribution in [3.63, 3.8) is 0 Å². The summed E-state index contributed by atoms with van der Waals surface area (Å²) in [5, 5.41) is 0.828. The summed E-state index contributed by atoms with van der Waals surface area (Å²) in [5.41, 5.74) is 0.973. The Kier molecular flexibility index (Phi) is 3.87. The van der Waals surface area contributed by atoms with E-state index in [2.05, 4.69) is 0 Å². The average Bonchev–Trinajstić information content (AvgIpc) is 3.15. The van der Waals surface area contributed by atoms with Gasteiger partial charge in [0.1, 0.15) is 19.3 Å². The van der Waals surface area contributed by atoms with Crippen LogP contribution in [0.3, 0.4) is 0 Å². The number of hydrogen-bond acceptors (Lipinski definition) is 4. The Balaban J connectivity index is 1.71. The Labute approximate surface area is 93.4 Å². The van der Waals surface area contributed by atoms with Gasteiger partial charge in [-0.3, -0.25) is 4.79 Å². The SMILES string of the molecule is O=CN(OCc1ccccc1)OCC1CO1. The van der Waals surface area contributed by atoms with Gasteiger partial charge in [-0.1, -0.05) is 35.6 Å². The Bertz CT molecular complexity index is 326. The molecule has 1 saturated heterocycles. The number of rotatable bonds is 7. The zero-order valence-electron chi connectivity index (χ0n) is 8.74. The van der Waals surface area contributed by atoms with Gasteiger partial charge < -0.3 is 4.74 Å². The van der Waals surface area contributed by atoms with Crippen molar-refractivity contribution in [2.45, 2.75) is 12.7 Å². The first-order valence-corrected chi connectivity index (χ1v) is 5.04. The first kappa shape index (κ1) is 11.1. The lowest BCUT2D eigenvalue weighted by Crippen LogP contribution is -2.24. The molecule has 2 rings (SSSR count). The van der Waals surface area contributed by atoms with E-state index in [1.54, 1.807) is 0 Å². The molecule has 1 amide bonds. The maximum atomic E-state index is 10.6. The smallest absolute Gasteiger partial charge is 0.261 e. The highest BCUT2D eigenvalue weighted by atomic mass is 17.0. The standard InChI is InChI=1S/C11H13NO4/c13-9-12(16-8-11-7-14-11)15-6-10-4-2-1-3-5-10/h1-5,9,11H,6-8H2. The predicted molar refractivity (Wildman–Crippen MR) is 54.8 cm³/mol. The van der Waals surface area contributed by atoms with Crippen molar-refractivity contribution in [1.82, 2.24) is 5.23 Å². The minimum Gasteiger partial charge on any atom is -0.371 e. The zero-order valence-corrected chi connectivity index (χ0v) is 8.74. The minimum absolute atomic E-state index is 0.0998. The Morgan fingerprint density at radius 3 is 2.75 bits per heavy atom. The molecule has 86 valence electrons. The summed E-state index contributed by atoms with van der Waals surface area (Å²) in [7, 11) is 0. The van der Waals surface area contributed by atoms with Gasteiger partial charge in [0, 0.05) is 0 Å². The third-order valence-electron chi connectivity index (χ3n) is 2.08. The van der Waals surface area contributed by atoms with Crippen LogP contribution in [0.5, 0.6) is 0 Å². The zero-order chi connectivity index (χ0) is 11.2. The Hall–Kier alpha value is -1.43. The van der Waals surface area contributed by atoms with Crippen LogP contribution >= 0.6 is 0 Å². The quantitative estimate of drug-likeness (QED) is 0.391. The fourth-order valence-corrected chi connectivity index (χ4v) is 1.13. The fraction of sp³-hybridized carbons (Fsp3) is 0.364. The van der Waals surface area contributed by atoms with E-state index in [1.807, 2.05) is 30.3 Å². The predicted octanol–water partition coefficient (Wildman–Crippen LogP) is 0.907. The van der Waals surface area contributed by atoms with Crippen molar-refractivity contribution in [2.24, 2.45) is 0 Å². The molecule has 1 aliphatic rings. The van der Waals surface area contributed by atoms with Gasteiger partial charge in [-0.15, -0.1) is 0 Å². The van der Waals surface area contributed by atoms with Crippen LogP contribution in [-0.4, -0.2) is 31.0 Å². The number of carbonyl (C=O) groups is 1. The van der Waals surface area contributed by atoms with Crippen molar-refractivity contribution >= 4 is 6.41 Å². The van der Waals surface area contributed by atoms with Crippen LogP contribution in [0.15, 0.2) is 30.3 Å². The van der Waals surface area contributed by atoms with Crippen LogP contribution in [0.2, 0.25) is 0 Å². The number of ether oxygens (including phenoxy) is 1. The summed E-state index contributed by atoms with van der Waals surface area (Å²) < 4.78 is 4.94. The second-order valence-corrected chi connectivity index (χ2v) is 3.40. The maximum absolute atomic E-state index is 10.6. The topological polar surface area (TPSA) is 51.3 Å². The number of hydroxylamine groups is 2. The van der Waals surface area contributed by atoms with E-state index in [-0.39, 0.29) is 6.10 Å². The molecule has 1 atom stereocenters. The van der Waals surface area contributed by atoms with Crippen molar-refractivity contribution in [1.29, 1.82) is 0 Å². The van der Waals surface area contributed by atoms with Crippen LogP contribution < -0.4 is 0 Å².